The number of nitrogens with two attached hydrogens (primary N) is 1. The highest BCUT2D eigenvalue weighted by Gasteiger charge is 2.15. The molecule has 3 heteroatoms. The Morgan fingerprint density at radius 2 is 2.06 bits per heavy atom. The standard InChI is InChI=1S/C13H18N2O/c1-9(16)10-6-7-13(12(14)8-10)15-11-4-2-3-5-11/h6-8,11,15H,2-5,14H2,1H3. The van der Waals surface area contributed by atoms with Crippen molar-refractivity contribution >= 4 is 17.2 Å². The summed E-state index contributed by atoms with van der Waals surface area (Å²) in [6, 6.07) is 6.03. The zero-order valence-electron chi connectivity index (χ0n) is 9.62. The first-order chi connectivity index (χ1) is 7.66. The molecule has 16 heavy (non-hydrogen) atoms. The largest absolute Gasteiger partial charge is 0.397 e. The predicted octanol–water partition coefficient (Wildman–Crippen LogP) is 2.83. The molecule has 2 rings (SSSR count). The Morgan fingerprint density at radius 1 is 1.38 bits per heavy atom. The summed E-state index contributed by atoms with van der Waals surface area (Å²) < 4.78 is 0. The smallest absolute Gasteiger partial charge is 0.159 e. The SMILES string of the molecule is CC(=O)c1ccc(NC2CCCC2)c(N)c1. The Labute approximate surface area is 96.0 Å². The normalized spacial score (nSPS) is 16.3. The van der Waals surface area contributed by atoms with Crippen LogP contribution < -0.4 is 11.1 Å². The van der Waals surface area contributed by atoms with E-state index < -0.39 is 0 Å². The number of carbonyl (C=O) groups is 1. The molecule has 1 fully saturated rings. The van der Waals surface area contributed by atoms with Crippen LogP contribution in [0.5, 0.6) is 0 Å². The molecule has 3 N–H and O–H groups in total. The molecule has 86 valence electrons. The van der Waals surface area contributed by atoms with E-state index in [-0.39, 0.29) is 5.78 Å². The Morgan fingerprint density at radius 3 is 2.62 bits per heavy atom. The Balaban J connectivity index is 2.12. The first-order valence-corrected chi connectivity index (χ1v) is 5.84. The van der Waals surface area contributed by atoms with Crippen LogP contribution in [0.3, 0.4) is 0 Å². The number of Topliss-reactive ketones (excluding diaryl/α,β-unsaturated/α-hetero) is 1. The van der Waals surface area contributed by atoms with Crippen LogP contribution in [0.25, 0.3) is 0 Å². The van der Waals surface area contributed by atoms with Gasteiger partial charge in [-0.3, -0.25) is 4.79 Å². The highest BCUT2D eigenvalue weighted by Crippen LogP contribution is 2.26. The van der Waals surface area contributed by atoms with Gasteiger partial charge in [0.1, 0.15) is 0 Å². The van der Waals surface area contributed by atoms with Gasteiger partial charge in [-0.25, -0.2) is 0 Å². The summed E-state index contributed by atoms with van der Waals surface area (Å²) in [7, 11) is 0. The van der Waals surface area contributed by atoms with Crippen molar-refractivity contribution in [3.63, 3.8) is 0 Å². The molecular formula is C13H18N2O. The molecule has 0 unspecified atom stereocenters. The number of benzene rings is 1. The Bertz CT molecular complexity index is 395. The van der Waals surface area contributed by atoms with Crippen LogP contribution in [-0.2, 0) is 0 Å². The minimum absolute atomic E-state index is 0.0547. The van der Waals surface area contributed by atoms with Crippen molar-refractivity contribution in [1.82, 2.24) is 0 Å². The van der Waals surface area contributed by atoms with Crippen molar-refractivity contribution in [3.8, 4) is 0 Å². The molecular weight excluding hydrogens is 200 g/mol. The highest BCUT2D eigenvalue weighted by molar-refractivity contribution is 5.96. The molecule has 1 aromatic rings. The van der Waals surface area contributed by atoms with Gasteiger partial charge in [-0.15, -0.1) is 0 Å². The minimum Gasteiger partial charge on any atom is -0.397 e. The number of carbonyl (C=O) groups excluding carboxylic acids is 1. The van der Waals surface area contributed by atoms with E-state index in [2.05, 4.69) is 5.32 Å². The average Bonchev–Trinajstić information content (AvgIpc) is 2.73. The maximum atomic E-state index is 11.2. The monoisotopic (exact) mass is 218 g/mol. The molecule has 0 atom stereocenters. The van der Waals surface area contributed by atoms with Crippen LogP contribution in [-0.4, -0.2) is 11.8 Å². The fourth-order valence-corrected chi connectivity index (χ4v) is 2.20. The number of hydrogen-bond acceptors (Lipinski definition) is 3. The quantitative estimate of drug-likeness (QED) is 0.606. The van der Waals surface area contributed by atoms with Gasteiger partial charge in [0.25, 0.3) is 0 Å². The highest BCUT2D eigenvalue weighted by atomic mass is 16.1. The van der Waals surface area contributed by atoms with E-state index in [0.29, 0.717) is 17.3 Å². The van der Waals surface area contributed by atoms with E-state index in [4.69, 9.17) is 5.73 Å². The number of nitrogen functional groups attached to an aromatic ring is 1. The number of hydrogen-bond donors (Lipinski definition) is 2. The molecule has 0 radical (unpaired) electrons. The van der Waals surface area contributed by atoms with Gasteiger partial charge in [0.2, 0.25) is 0 Å². The lowest BCUT2D eigenvalue weighted by molar-refractivity contribution is 0.101. The van der Waals surface area contributed by atoms with Gasteiger partial charge in [-0.05, 0) is 38.0 Å². The average molecular weight is 218 g/mol. The molecule has 0 saturated heterocycles. The van der Waals surface area contributed by atoms with Crippen molar-refractivity contribution < 1.29 is 4.79 Å². The summed E-state index contributed by atoms with van der Waals surface area (Å²) in [5, 5.41) is 3.44. The van der Waals surface area contributed by atoms with Crippen LogP contribution in [0.1, 0.15) is 43.0 Å². The molecule has 0 bridgehead atoms. The molecule has 0 heterocycles. The second kappa shape index (κ2) is 4.56. The van der Waals surface area contributed by atoms with E-state index in [1.165, 1.54) is 25.7 Å². The van der Waals surface area contributed by atoms with Crippen LogP contribution in [0, 0.1) is 0 Å². The Hall–Kier alpha value is -1.51. The van der Waals surface area contributed by atoms with Crippen molar-refractivity contribution in [3.05, 3.63) is 23.8 Å². The summed E-state index contributed by atoms with van der Waals surface area (Å²) in [6.45, 7) is 1.55. The number of rotatable bonds is 3. The first kappa shape index (κ1) is 11.0. The van der Waals surface area contributed by atoms with E-state index in [9.17, 15) is 4.79 Å². The van der Waals surface area contributed by atoms with E-state index in [1.54, 1.807) is 13.0 Å². The molecule has 1 aromatic carbocycles. The lowest BCUT2D eigenvalue weighted by Gasteiger charge is -2.15. The molecule has 1 saturated carbocycles. The lowest BCUT2D eigenvalue weighted by Crippen LogP contribution is -2.15. The molecule has 0 aromatic heterocycles. The van der Waals surface area contributed by atoms with Crippen LogP contribution in [0.2, 0.25) is 0 Å². The van der Waals surface area contributed by atoms with Crippen molar-refractivity contribution in [2.45, 2.75) is 38.6 Å². The fraction of sp³-hybridized carbons (Fsp3) is 0.462. The number of anilines is 2. The van der Waals surface area contributed by atoms with Crippen molar-refractivity contribution in [2.24, 2.45) is 0 Å². The van der Waals surface area contributed by atoms with Gasteiger partial charge in [0, 0.05) is 11.6 Å². The van der Waals surface area contributed by atoms with Gasteiger partial charge in [0.15, 0.2) is 5.78 Å². The van der Waals surface area contributed by atoms with Crippen LogP contribution in [0.15, 0.2) is 18.2 Å². The summed E-state index contributed by atoms with van der Waals surface area (Å²) >= 11 is 0. The summed E-state index contributed by atoms with van der Waals surface area (Å²) in [6.07, 6.45) is 5.02. The maximum absolute atomic E-state index is 11.2. The lowest BCUT2D eigenvalue weighted by atomic mass is 10.1. The zero-order chi connectivity index (χ0) is 11.5. The van der Waals surface area contributed by atoms with Gasteiger partial charge in [0.05, 0.1) is 11.4 Å². The topological polar surface area (TPSA) is 55.1 Å². The second-order valence-corrected chi connectivity index (χ2v) is 4.48. The van der Waals surface area contributed by atoms with Gasteiger partial charge in [-0.1, -0.05) is 12.8 Å². The predicted molar refractivity (Wildman–Crippen MR) is 66.7 cm³/mol. The molecule has 0 aliphatic heterocycles. The summed E-state index contributed by atoms with van der Waals surface area (Å²) in [5.74, 6) is 0.0547. The molecule has 1 aliphatic rings. The Kier molecular flexibility index (Phi) is 3.13. The van der Waals surface area contributed by atoms with E-state index in [0.717, 1.165) is 5.69 Å². The minimum atomic E-state index is 0.0547. The van der Waals surface area contributed by atoms with Gasteiger partial charge >= 0.3 is 0 Å². The van der Waals surface area contributed by atoms with E-state index in [1.807, 2.05) is 12.1 Å². The second-order valence-electron chi connectivity index (χ2n) is 4.48. The first-order valence-electron chi connectivity index (χ1n) is 5.84. The number of nitrogens with one attached hydrogen (secondary N) is 1. The number of ketones is 1. The fourth-order valence-electron chi connectivity index (χ4n) is 2.20. The molecule has 3 nitrogen and oxygen atoms in total. The maximum Gasteiger partial charge on any atom is 0.159 e. The van der Waals surface area contributed by atoms with Crippen molar-refractivity contribution in [2.75, 3.05) is 11.1 Å². The molecule has 0 spiro atoms. The third-order valence-corrected chi connectivity index (χ3v) is 3.17. The third kappa shape index (κ3) is 2.35. The molecule has 1 aliphatic carbocycles. The van der Waals surface area contributed by atoms with E-state index >= 15 is 0 Å². The summed E-state index contributed by atoms with van der Waals surface area (Å²) in [5.41, 5.74) is 8.22. The third-order valence-electron chi connectivity index (χ3n) is 3.17. The molecule has 0 amide bonds. The van der Waals surface area contributed by atoms with Gasteiger partial charge < -0.3 is 11.1 Å². The van der Waals surface area contributed by atoms with Crippen LogP contribution in [0.4, 0.5) is 11.4 Å². The van der Waals surface area contributed by atoms with Crippen molar-refractivity contribution in [1.29, 1.82) is 0 Å². The summed E-state index contributed by atoms with van der Waals surface area (Å²) in [4.78, 5) is 11.2. The van der Waals surface area contributed by atoms with Gasteiger partial charge in [-0.2, -0.15) is 0 Å². The zero-order valence-corrected chi connectivity index (χ0v) is 9.62. The van der Waals surface area contributed by atoms with Crippen LogP contribution >= 0.6 is 0 Å².